The van der Waals surface area contributed by atoms with Crippen LogP contribution < -0.4 is 11.4 Å². The second-order valence-corrected chi connectivity index (χ2v) is 4.42. The number of ether oxygens (including phenoxy) is 1. The molecule has 1 aromatic rings. The SMILES string of the molecule is Nc1ccn([C@@H]2CO[C@@H](CO)S2)c(=O)n1. The second kappa shape index (κ2) is 4.21. The molecule has 1 fully saturated rings. The molecule has 2 rings (SSSR count). The fourth-order valence-corrected chi connectivity index (χ4v) is 2.37. The minimum atomic E-state index is -0.394. The van der Waals surface area contributed by atoms with E-state index in [4.69, 9.17) is 15.6 Å². The van der Waals surface area contributed by atoms with Crippen molar-refractivity contribution in [3.63, 3.8) is 0 Å². The summed E-state index contributed by atoms with van der Waals surface area (Å²) >= 11 is 1.39. The van der Waals surface area contributed by atoms with Crippen LogP contribution in [0.1, 0.15) is 5.37 Å². The van der Waals surface area contributed by atoms with Crippen LogP contribution >= 0.6 is 11.8 Å². The molecule has 0 aliphatic carbocycles. The number of nitrogens with zero attached hydrogens (tertiary/aromatic N) is 2. The van der Waals surface area contributed by atoms with Gasteiger partial charge in [0, 0.05) is 6.20 Å². The van der Waals surface area contributed by atoms with E-state index in [-0.39, 0.29) is 23.2 Å². The van der Waals surface area contributed by atoms with Gasteiger partial charge in [0.2, 0.25) is 0 Å². The van der Waals surface area contributed by atoms with Gasteiger partial charge in [0.1, 0.15) is 16.6 Å². The van der Waals surface area contributed by atoms with Crippen molar-refractivity contribution in [2.45, 2.75) is 10.8 Å². The third-order valence-corrected chi connectivity index (χ3v) is 3.31. The maximum atomic E-state index is 11.5. The summed E-state index contributed by atoms with van der Waals surface area (Å²) in [6.45, 7) is 0.333. The van der Waals surface area contributed by atoms with Crippen molar-refractivity contribution in [3.8, 4) is 0 Å². The van der Waals surface area contributed by atoms with Crippen molar-refractivity contribution < 1.29 is 9.84 Å². The maximum Gasteiger partial charge on any atom is 0.350 e. The van der Waals surface area contributed by atoms with E-state index in [1.165, 1.54) is 16.3 Å². The first kappa shape index (κ1) is 10.5. The summed E-state index contributed by atoms with van der Waals surface area (Å²) in [6, 6.07) is 1.56. The molecule has 15 heavy (non-hydrogen) atoms. The van der Waals surface area contributed by atoms with E-state index < -0.39 is 5.69 Å². The molecule has 1 saturated heterocycles. The number of nitrogen functional groups attached to an aromatic ring is 1. The summed E-state index contributed by atoms with van der Waals surface area (Å²) < 4.78 is 6.70. The standard InChI is InChI=1S/C8H11N3O3S/c9-5-1-2-11(8(13)10-5)6-4-14-7(3-12)15-6/h1-2,6-7,12H,3-4H2,(H2,9,10,13)/t6-,7+/m0/s1. The summed E-state index contributed by atoms with van der Waals surface area (Å²) in [5, 5.41) is 8.74. The summed E-state index contributed by atoms with van der Waals surface area (Å²) in [5.74, 6) is 0.207. The van der Waals surface area contributed by atoms with Crippen LogP contribution in [0.25, 0.3) is 0 Å². The van der Waals surface area contributed by atoms with Gasteiger partial charge in [0.15, 0.2) is 0 Å². The summed E-state index contributed by atoms with van der Waals surface area (Å²) in [7, 11) is 0. The molecule has 0 saturated carbocycles. The second-order valence-electron chi connectivity index (χ2n) is 3.08. The minimum absolute atomic E-state index is 0.0572. The predicted octanol–water partition coefficient (Wildman–Crippen LogP) is -0.594. The number of rotatable bonds is 2. The Bertz CT molecular complexity index is 408. The molecule has 0 amide bonds. The van der Waals surface area contributed by atoms with Gasteiger partial charge in [-0.2, -0.15) is 4.98 Å². The Kier molecular flexibility index (Phi) is 2.94. The highest BCUT2D eigenvalue weighted by Crippen LogP contribution is 2.34. The van der Waals surface area contributed by atoms with Gasteiger partial charge in [-0.15, -0.1) is 11.8 Å². The number of aromatic nitrogens is 2. The Morgan fingerprint density at radius 2 is 2.60 bits per heavy atom. The molecular weight excluding hydrogens is 218 g/mol. The van der Waals surface area contributed by atoms with Gasteiger partial charge < -0.3 is 15.6 Å². The lowest BCUT2D eigenvalue weighted by atomic mass is 10.5. The Labute approximate surface area is 90.1 Å². The number of aliphatic hydroxyl groups is 1. The minimum Gasteiger partial charge on any atom is -0.393 e. The predicted molar refractivity (Wildman–Crippen MR) is 56.4 cm³/mol. The molecule has 1 aliphatic rings. The van der Waals surface area contributed by atoms with Gasteiger partial charge in [-0.1, -0.05) is 0 Å². The lowest BCUT2D eigenvalue weighted by molar-refractivity contribution is 0.0803. The third kappa shape index (κ3) is 2.14. The molecule has 7 heteroatoms. The fraction of sp³-hybridized carbons (Fsp3) is 0.500. The van der Waals surface area contributed by atoms with Crippen LogP contribution in [0.15, 0.2) is 17.1 Å². The molecule has 1 aromatic heterocycles. The van der Waals surface area contributed by atoms with Crippen LogP contribution in [0.5, 0.6) is 0 Å². The van der Waals surface area contributed by atoms with Gasteiger partial charge in [0.25, 0.3) is 0 Å². The van der Waals surface area contributed by atoms with Gasteiger partial charge in [-0.05, 0) is 6.07 Å². The first-order valence-electron chi connectivity index (χ1n) is 4.43. The van der Waals surface area contributed by atoms with Gasteiger partial charge in [-0.25, -0.2) is 4.79 Å². The largest absolute Gasteiger partial charge is 0.393 e. The highest BCUT2D eigenvalue weighted by Gasteiger charge is 2.27. The Morgan fingerprint density at radius 1 is 1.80 bits per heavy atom. The van der Waals surface area contributed by atoms with Crippen molar-refractivity contribution in [1.82, 2.24) is 9.55 Å². The van der Waals surface area contributed by atoms with E-state index in [0.717, 1.165) is 0 Å². The fourth-order valence-electron chi connectivity index (χ4n) is 1.33. The van der Waals surface area contributed by atoms with Crippen LogP contribution in [0.4, 0.5) is 5.82 Å². The molecular formula is C8H11N3O3S. The first-order valence-corrected chi connectivity index (χ1v) is 5.37. The van der Waals surface area contributed by atoms with Crippen LogP contribution in [-0.4, -0.2) is 33.3 Å². The molecule has 82 valence electrons. The number of aliphatic hydroxyl groups excluding tert-OH is 1. The van der Waals surface area contributed by atoms with Gasteiger partial charge >= 0.3 is 5.69 Å². The topological polar surface area (TPSA) is 90.4 Å². The van der Waals surface area contributed by atoms with Crippen molar-refractivity contribution in [2.75, 3.05) is 18.9 Å². The zero-order chi connectivity index (χ0) is 10.8. The van der Waals surface area contributed by atoms with E-state index in [9.17, 15) is 4.79 Å². The van der Waals surface area contributed by atoms with E-state index in [1.807, 2.05) is 0 Å². The highest BCUT2D eigenvalue weighted by atomic mass is 32.2. The molecule has 0 spiro atoms. The van der Waals surface area contributed by atoms with Gasteiger partial charge in [-0.3, -0.25) is 4.57 Å². The number of anilines is 1. The van der Waals surface area contributed by atoms with Crippen LogP contribution in [0, 0.1) is 0 Å². The lowest BCUT2D eigenvalue weighted by Gasteiger charge is -2.10. The Hall–Kier alpha value is -1.05. The molecule has 2 heterocycles. The van der Waals surface area contributed by atoms with Crippen LogP contribution in [0.2, 0.25) is 0 Å². The average Bonchev–Trinajstić information content (AvgIpc) is 2.66. The molecule has 0 radical (unpaired) electrons. The van der Waals surface area contributed by atoms with Crippen molar-refractivity contribution in [3.05, 3.63) is 22.7 Å². The van der Waals surface area contributed by atoms with Crippen molar-refractivity contribution in [2.24, 2.45) is 0 Å². The molecule has 2 atom stereocenters. The zero-order valence-corrected chi connectivity index (χ0v) is 8.68. The molecule has 0 unspecified atom stereocenters. The Balaban J connectivity index is 2.20. The van der Waals surface area contributed by atoms with E-state index >= 15 is 0 Å². The number of hydrogen-bond donors (Lipinski definition) is 2. The smallest absolute Gasteiger partial charge is 0.350 e. The summed E-state index contributed by atoms with van der Waals surface area (Å²) in [5.41, 5.74) is 4.72. The van der Waals surface area contributed by atoms with Crippen molar-refractivity contribution in [1.29, 1.82) is 0 Å². The van der Waals surface area contributed by atoms with E-state index in [1.54, 1.807) is 12.3 Å². The first-order chi connectivity index (χ1) is 7.20. The number of hydrogen-bond acceptors (Lipinski definition) is 6. The number of nitrogens with two attached hydrogens (primary N) is 1. The third-order valence-electron chi connectivity index (χ3n) is 2.04. The quantitative estimate of drug-likeness (QED) is 0.704. The molecule has 1 aliphatic heterocycles. The summed E-state index contributed by atoms with van der Waals surface area (Å²) in [4.78, 5) is 15.1. The van der Waals surface area contributed by atoms with E-state index in [0.29, 0.717) is 6.61 Å². The van der Waals surface area contributed by atoms with Gasteiger partial charge in [0.05, 0.1) is 13.2 Å². The molecule has 0 bridgehead atoms. The number of thioether (sulfide) groups is 1. The Morgan fingerprint density at radius 3 is 3.20 bits per heavy atom. The lowest BCUT2D eigenvalue weighted by Crippen LogP contribution is -2.26. The molecule has 0 aromatic carbocycles. The molecule has 3 N–H and O–H groups in total. The van der Waals surface area contributed by atoms with Crippen LogP contribution in [-0.2, 0) is 4.74 Å². The normalized spacial score (nSPS) is 25.7. The summed E-state index contributed by atoms with van der Waals surface area (Å²) in [6.07, 6.45) is 1.59. The van der Waals surface area contributed by atoms with Crippen LogP contribution in [0.3, 0.4) is 0 Å². The average molecular weight is 229 g/mol. The van der Waals surface area contributed by atoms with E-state index in [2.05, 4.69) is 4.98 Å². The molecule has 6 nitrogen and oxygen atoms in total. The van der Waals surface area contributed by atoms with Crippen molar-refractivity contribution >= 4 is 17.6 Å². The zero-order valence-electron chi connectivity index (χ0n) is 7.87. The highest BCUT2D eigenvalue weighted by molar-refractivity contribution is 8.00. The maximum absolute atomic E-state index is 11.5. The monoisotopic (exact) mass is 229 g/mol.